The molecule has 1 aliphatic rings. The van der Waals surface area contributed by atoms with Gasteiger partial charge in [0.15, 0.2) is 0 Å². The Balaban J connectivity index is 1.66. The lowest BCUT2D eigenvalue weighted by Crippen LogP contribution is -2.01. The summed E-state index contributed by atoms with van der Waals surface area (Å²) in [7, 11) is 0. The number of nitro groups is 1. The molecule has 1 atom stereocenters. The third-order valence-corrected chi connectivity index (χ3v) is 4.55. The Labute approximate surface area is 139 Å². The molecule has 4 nitrogen and oxygen atoms in total. The Bertz CT molecular complexity index is 932. The van der Waals surface area contributed by atoms with E-state index in [1.165, 1.54) is 34.4 Å². The average molecular weight is 317 g/mol. The molecule has 4 rings (SSSR count). The van der Waals surface area contributed by atoms with Gasteiger partial charge in [-0.15, -0.1) is 0 Å². The maximum absolute atomic E-state index is 10.7. The fraction of sp³-hybridized carbons (Fsp3) is 0.100. The van der Waals surface area contributed by atoms with Crippen molar-refractivity contribution in [2.45, 2.75) is 12.5 Å². The summed E-state index contributed by atoms with van der Waals surface area (Å²) in [5.41, 5.74) is 6.44. The minimum Gasteiger partial charge on any atom is -0.384 e. The summed E-state index contributed by atoms with van der Waals surface area (Å²) in [6.07, 6.45) is 0.0756. The molecule has 1 N–H and O–H groups in total. The molecule has 0 radical (unpaired) electrons. The molecule has 0 fully saturated rings. The zero-order valence-electron chi connectivity index (χ0n) is 12.8. The van der Waals surface area contributed by atoms with Gasteiger partial charge in [-0.05, 0) is 51.9 Å². The van der Waals surface area contributed by atoms with E-state index in [9.17, 15) is 15.2 Å². The molecule has 24 heavy (non-hydrogen) atoms. The average Bonchev–Trinajstić information content (AvgIpc) is 2.99. The maximum atomic E-state index is 10.7. The fourth-order valence-electron chi connectivity index (χ4n) is 3.31. The molecule has 0 spiro atoms. The standard InChI is InChI=1S/C20H15NO3/c22-20(13-5-8-17(9-6-13)21(23)24)15-7-10-19-16(12-15)11-14-3-1-2-4-18(14)19/h1-10,12,20,22H,11H2. The van der Waals surface area contributed by atoms with Gasteiger partial charge >= 0.3 is 0 Å². The molecular weight excluding hydrogens is 302 g/mol. The quantitative estimate of drug-likeness (QED) is 0.454. The Morgan fingerprint density at radius 1 is 0.875 bits per heavy atom. The monoisotopic (exact) mass is 317 g/mol. The van der Waals surface area contributed by atoms with Gasteiger partial charge in [-0.1, -0.05) is 42.5 Å². The zero-order valence-corrected chi connectivity index (χ0v) is 12.8. The largest absolute Gasteiger partial charge is 0.384 e. The minimum atomic E-state index is -0.792. The number of fused-ring (bicyclic) bond motifs is 3. The second-order valence-corrected chi connectivity index (χ2v) is 6.00. The van der Waals surface area contributed by atoms with Crippen molar-refractivity contribution in [2.24, 2.45) is 0 Å². The van der Waals surface area contributed by atoms with E-state index in [1.807, 2.05) is 30.3 Å². The van der Waals surface area contributed by atoms with E-state index in [0.717, 1.165) is 12.0 Å². The van der Waals surface area contributed by atoms with Gasteiger partial charge in [0, 0.05) is 12.1 Å². The molecule has 0 saturated carbocycles. The molecular formula is C20H15NO3. The molecule has 0 heterocycles. The SMILES string of the molecule is O=[N+]([O-])c1ccc(C(O)c2ccc3c(c2)Cc2ccccc2-3)cc1. The molecule has 4 heteroatoms. The molecule has 3 aromatic rings. The van der Waals surface area contributed by atoms with Crippen LogP contribution < -0.4 is 0 Å². The summed E-state index contributed by atoms with van der Waals surface area (Å²) in [5.74, 6) is 0. The topological polar surface area (TPSA) is 63.4 Å². The van der Waals surface area contributed by atoms with Gasteiger partial charge in [0.2, 0.25) is 0 Å². The van der Waals surface area contributed by atoms with E-state index in [0.29, 0.717) is 5.56 Å². The smallest absolute Gasteiger partial charge is 0.269 e. The second-order valence-electron chi connectivity index (χ2n) is 6.00. The van der Waals surface area contributed by atoms with Crippen molar-refractivity contribution in [3.8, 4) is 11.1 Å². The highest BCUT2D eigenvalue weighted by molar-refractivity contribution is 5.77. The van der Waals surface area contributed by atoms with E-state index in [2.05, 4.69) is 12.1 Å². The minimum absolute atomic E-state index is 0.0235. The summed E-state index contributed by atoms with van der Waals surface area (Å²) >= 11 is 0. The van der Waals surface area contributed by atoms with Crippen LogP contribution in [0.1, 0.15) is 28.4 Å². The number of hydrogen-bond acceptors (Lipinski definition) is 3. The summed E-state index contributed by atoms with van der Waals surface area (Å²) in [5, 5.41) is 21.3. The van der Waals surface area contributed by atoms with Crippen LogP contribution in [-0.4, -0.2) is 10.0 Å². The van der Waals surface area contributed by atoms with Crippen molar-refractivity contribution >= 4 is 5.69 Å². The Morgan fingerprint density at radius 3 is 2.29 bits per heavy atom. The number of aliphatic hydroxyl groups excluding tert-OH is 1. The van der Waals surface area contributed by atoms with E-state index >= 15 is 0 Å². The van der Waals surface area contributed by atoms with Crippen LogP contribution in [-0.2, 0) is 6.42 Å². The number of aliphatic hydroxyl groups is 1. The van der Waals surface area contributed by atoms with Gasteiger partial charge in [0.05, 0.1) is 4.92 Å². The number of non-ortho nitro benzene ring substituents is 1. The van der Waals surface area contributed by atoms with Crippen LogP contribution in [0.5, 0.6) is 0 Å². The molecule has 0 bridgehead atoms. The molecule has 3 aromatic carbocycles. The normalized spacial score (nSPS) is 13.2. The van der Waals surface area contributed by atoms with Crippen molar-refractivity contribution in [1.82, 2.24) is 0 Å². The highest BCUT2D eigenvalue weighted by Crippen LogP contribution is 2.38. The molecule has 0 aromatic heterocycles. The van der Waals surface area contributed by atoms with Crippen molar-refractivity contribution in [3.05, 3.63) is 99.1 Å². The summed E-state index contributed by atoms with van der Waals surface area (Å²) in [6.45, 7) is 0. The second kappa shape index (κ2) is 5.58. The van der Waals surface area contributed by atoms with Gasteiger partial charge in [0.1, 0.15) is 6.10 Å². The third-order valence-electron chi connectivity index (χ3n) is 4.55. The number of hydrogen-bond donors (Lipinski definition) is 1. The van der Waals surface area contributed by atoms with Gasteiger partial charge in [0.25, 0.3) is 5.69 Å². The fourth-order valence-corrected chi connectivity index (χ4v) is 3.31. The first-order valence-electron chi connectivity index (χ1n) is 7.77. The van der Waals surface area contributed by atoms with Crippen molar-refractivity contribution in [1.29, 1.82) is 0 Å². The third kappa shape index (κ3) is 2.37. The number of benzene rings is 3. The Morgan fingerprint density at radius 2 is 1.54 bits per heavy atom. The molecule has 1 aliphatic carbocycles. The van der Waals surface area contributed by atoms with Crippen molar-refractivity contribution < 1.29 is 10.0 Å². The molecule has 0 saturated heterocycles. The first-order valence-corrected chi connectivity index (χ1v) is 7.77. The maximum Gasteiger partial charge on any atom is 0.269 e. The first kappa shape index (κ1) is 14.6. The number of nitro benzene ring substituents is 1. The van der Waals surface area contributed by atoms with Crippen LogP contribution in [0.3, 0.4) is 0 Å². The van der Waals surface area contributed by atoms with Crippen LogP contribution in [0.2, 0.25) is 0 Å². The molecule has 0 aliphatic heterocycles. The molecule has 118 valence electrons. The van der Waals surface area contributed by atoms with Crippen LogP contribution in [0.25, 0.3) is 11.1 Å². The predicted molar refractivity (Wildman–Crippen MR) is 91.8 cm³/mol. The number of rotatable bonds is 3. The van der Waals surface area contributed by atoms with Crippen molar-refractivity contribution in [3.63, 3.8) is 0 Å². The van der Waals surface area contributed by atoms with E-state index in [4.69, 9.17) is 0 Å². The lowest BCUT2D eigenvalue weighted by atomic mass is 9.97. The summed E-state index contributed by atoms with van der Waals surface area (Å²) in [4.78, 5) is 10.3. The van der Waals surface area contributed by atoms with Crippen LogP contribution in [0.4, 0.5) is 5.69 Å². The lowest BCUT2D eigenvalue weighted by Gasteiger charge is -2.13. The van der Waals surface area contributed by atoms with Crippen LogP contribution in [0.15, 0.2) is 66.7 Å². The first-order chi connectivity index (χ1) is 11.6. The van der Waals surface area contributed by atoms with E-state index in [1.54, 1.807) is 12.1 Å². The highest BCUT2D eigenvalue weighted by Gasteiger charge is 2.20. The summed E-state index contributed by atoms with van der Waals surface area (Å²) in [6, 6.07) is 20.4. The van der Waals surface area contributed by atoms with Crippen molar-refractivity contribution in [2.75, 3.05) is 0 Å². The van der Waals surface area contributed by atoms with Gasteiger partial charge in [-0.3, -0.25) is 10.1 Å². The lowest BCUT2D eigenvalue weighted by molar-refractivity contribution is -0.384. The predicted octanol–water partition coefficient (Wildman–Crippen LogP) is 4.25. The molecule has 0 amide bonds. The highest BCUT2D eigenvalue weighted by atomic mass is 16.6. The van der Waals surface area contributed by atoms with E-state index in [-0.39, 0.29) is 5.69 Å². The van der Waals surface area contributed by atoms with Gasteiger partial charge in [-0.2, -0.15) is 0 Å². The van der Waals surface area contributed by atoms with Crippen LogP contribution in [0, 0.1) is 10.1 Å². The van der Waals surface area contributed by atoms with E-state index < -0.39 is 11.0 Å². The zero-order chi connectivity index (χ0) is 16.7. The number of nitrogens with zero attached hydrogens (tertiary/aromatic N) is 1. The summed E-state index contributed by atoms with van der Waals surface area (Å²) < 4.78 is 0. The molecule has 1 unspecified atom stereocenters. The van der Waals surface area contributed by atoms with Gasteiger partial charge < -0.3 is 5.11 Å². The Kier molecular flexibility index (Phi) is 3.40. The van der Waals surface area contributed by atoms with Gasteiger partial charge in [-0.25, -0.2) is 0 Å². The van der Waals surface area contributed by atoms with Crippen LogP contribution >= 0.6 is 0 Å². The Hall–Kier alpha value is -2.98.